The predicted octanol–water partition coefficient (Wildman–Crippen LogP) is 3.72. The molecule has 0 radical (unpaired) electrons. The third-order valence-corrected chi connectivity index (χ3v) is 3.30. The van der Waals surface area contributed by atoms with Crippen molar-refractivity contribution in [2.45, 2.75) is 13.1 Å². The molecule has 0 saturated heterocycles. The Kier molecular flexibility index (Phi) is 4.44. The first-order chi connectivity index (χ1) is 8.65. The fourth-order valence-corrected chi connectivity index (χ4v) is 2.07. The van der Waals surface area contributed by atoms with Crippen molar-refractivity contribution in [3.05, 3.63) is 52.4 Å². The Morgan fingerprint density at radius 2 is 1.89 bits per heavy atom. The van der Waals surface area contributed by atoms with E-state index in [1.807, 2.05) is 6.07 Å². The van der Waals surface area contributed by atoms with Gasteiger partial charge >= 0.3 is 0 Å². The van der Waals surface area contributed by atoms with Gasteiger partial charge in [0.05, 0.1) is 17.3 Å². The summed E-state index contributed by atoms with van der Waals surface area (Å²) in [5.41, 5.74) is 2.41. The van der Waals surface area contributed by atoms with E-state index in [0.717, 1.165) is 22.5 Å². The van der Waals surface area contributed by atoms with Crippen molar-refractivity contribution in [2.24, 2.45) is 0 Å². The molecule has 0 atom stereocenters. The Balaban J connectivity index is 1.92. The van der Waals surface area contributed by atoms with E-state index in [9.17, 15) is 0 Å². The summed E-state index contributed by atoms with van der Waals surface area (Å²) >= 11 is 3.44. The molecular weight excluding hydrogens is 292 g/mol. The maximum absolute atomic E-state index is 5.35. The van der Waals surface area contributed by atoms with Crippen LogP contribution in [0.4, 0.5) is 5.69 Å². The second kappa shape index (κ2) is 6.07. The van der Waals surface area contributed by atoms with Gasteiger partial charge in [0.25, 0.3) is 0 Å². The normalized spacial score (nSPS) is 10.9. The number of hydrogen-bond acceptors (Lipinski definition) is 3. The van der Waals surface area contributed by atoms with Gasteiger partial charge in [-0.15, -0.1) is 0 Å². The summed E-state index contributed by atoms with van der Waals surface area (Å²) < 4.78 is 6.35. The van der Waals surface area contributed by atoms with Gasteiger partial charge in [-0.25, -0.2) is 0 Å². The lowest BCUT2D eigenvalue weighted by molar-refractivity contribution is 0.402. The molecule has 0 fully saturated rings. The Morgan fingerprint density at radius 3 is 2.44 bits per heavy atom. The van der Waals surface area contributed by atoms with E-state index in [0.29, 0.717) is 6.54 Å². The van der Waals surface area contributed by atoms with E-state index in [2.05, 4.69) is 64.5 Å². The molecule has 4 heteroatoms. The second-order valence-electron chi connectivity index (χ2n) is 4.48. The molecule has 0 spiro atoms. The van der Waals surface area contributed by atoms with Crippen molar-refractivity contribution in [3.63, 3.8) is 0 Å². The Bertz CT molecular complexity index is 491. The van der Waals surface area contributed by atoms with Gasteiger partial charge in [0.1, 0.15) is 5.76 Å². The molecule has 0 aliphatic carbocycles. The fourth-order valence-electron chi connectivity index (χ4n) is 1.73. The maximum atomic E-state index is 5.35. The summed E-state index contributed by atoms with van der Waals surface area (Å²) in [6.07, 6.45) is 1.68. The molecule has 3 nitrogen and oxygen atoms in total. The van der Waals surface area contributed by atoms with Crippen LogP contribution in [-0.2, 0) is 13.1 Å². The van der Waals surface area contributed by atoms with E-state index in [-0.39, 0.29) is 0 Å². The largest absolute Gasteiger partial charge is 0.466 e. The molecule has 1 aromatic heterocycles. The number of nitrogens with one attached hydrogen (secondary N) is 1. The van der Waals surface area contributed by atoms with E-state index in [1.165, 1.54) is 5.56 Å². The monoisotopic (exact) mass is 308 g/mol. The van der Waals surface area contributed by atoms with Crippen molar-refractivity contribution in [3.8, 4) is 0 Å². The Morgan fingerprint density at radius 1 is 1.17 bits per heavy atom. The summed E-state index contributed by atoms with van der Waals surface area (Å²) in [5.74, 6) is 0.910. The molecule has 0 aliphatic rings. The molecule has 0 saturated carbocycles. The van der Waals surface area contributed by atoms with E-state index in [4.69, 9.17) is 4.42 Å². The maximum Gasteiger partial charge on any atom is 0.136 e. The molecule has 0 bridgehead atoms. The van der Waals surface area contributed by atoms with Crippen LogP contribution in [0.3, 0.4) is 0 Å². The van der Waals surface area contributed by atoms with E-state index < -0.39 is 0 Å². The highest BCUT2D eigenvalue weighted by Crippen LogP contribution is 2.19. The molecule has 0 amide bonds. The Labute approximate surface area is 116 Å². The molecule has 96 valence electrons. The lowest BCUT2D eigenvalue weighted by Crippen LogP contribution is -2.10. The summed E-state index contributed by atoms with van der Waals surface area (Å²) in [4.78, 5) is 2.16. The number of benzene rings is 1. The van der Waals surface area contributed by atoms with Gasteiger partial charge in [-0.05, 0) is 53.8 Å². The SMILES string of the molecule is CN(C)Cc1ccc(NCc2occc2Br)cc1. The molecule has 1 heterocycles. The topological polar surface area (TPSA) is 28.4 Å². The first kappa shape index (κ1) is 13.2. The number of rotatable bonds is 5. The highest BCUT2D eigenvalue weighted by molar-refractivity contribution is 9.10. The number of hydrogen-bond donors (Lipinski definition) is 1. The van der Waals surface area contributed by atoms with Gasteiger partial charge in [0.15, 0.2) is 0 Å². The van der Waals surface area contributed by atoms with Gasteiger partial charge in [0.2, 0.25) is 0 Å². The molecule has 0 aliphatic heterocycles. The average molecular weight is 309 g/mol. The predicted molar refractivity (Wildman–Crippen MR) is 77.6 cm³/mol. The van der Waals surface area contributed by atoms with Crippen LogP contribution in [-0.4, -0.2) is 19.0 Å². The smallest absolute Gasteiger partial charge is 0.136 e. The lowest BCUT2D eigenvalue weighted by atomic mass is 10.2. The average Bonchev–Trinajstić information content (AvgIpc) is 2.73. The number of nitrogens with zero attached hydrogens (tertiary/aromatic N) is 1. The molecule has 2 rings (SSSR count). The lowest BCUT2D eigenvalue weighted by Gasteiger charge is -2.10. The van der Waals surface area contributed by atoms with Crippen LogP contribution < -0.4 is 5.32 Å². The summed E-state index contributed by atoms with van der Waals surface area (Å²) in [6, 6.07) is 10.4. The molecular formula is C14H17BrN2O. The second-order valence-corrected chi connectivity index (χ2v) is 5.33. The highest BCUT2D eigenvalue weighted by atomic mass is 79.9. The van der Waals surface area contributed by atoms with Crippen LogP contribution >= 0.6 is 15.9 Å². The third-order valence-electron chi connectivity index (χ3n) is 2.60. The quantitative estimate of drug-likeness (QED) is 0.912. The minimum Gasteiger partial charge on any atom is -0.466 e. The zero-order chi connectivity index (χ0) is 13.0. The molecule has 1 N–H and O–H groups in total. The van der Waals surface area contributed by atoms with Crippen molar-refractivity contribution < 1.29 is 4.42 Å². The molecule has 1 aromatic carbocycles. The summed E-state index contributed by atoms with van der Waals surface area (Å²) in [5, 5.41) is 3.33. The van der Waals surface area contributed by atoms with Crippen LogP contribution in [0.2, 0.25) is 0 Å². The Hall–Kier alpha value is -1.26. The van der Waals surface area contributed by atoms with Crippen LogP contribution in [0.1, 0.15) is 11.3 Å². The number of halogens is 1. The molecule has 18 heavy (non-hydrogen) atoms. The highest BCUT2D eigenvalue weighted by Gasteiger charge is 2.02. The van der Waals surface area contributed by atoms with Gasteiger partial charge in [-0.3, -0.25) is 0 Å². The molecule has 0 unspecified atom stereocenters. The summed E-state index contributed by atoms with van der Waals surface area (Å²) in [7, 11) is 4.14. The van der Waals surface area contributed by atoms with Crippen molar-refractivity contribution in [1.82, 2.24) is 4.90 Å². The minimum atomic E-state index is 0.681. The van der Waals surface area contributed by atoms with Gasteiger partial charge < -0.3 is 14.6 Å². The fraction of sp³-hybridized carbons (Fsp3) is 0.286. The van der Waals surface area contributed by atoms with Crippen LogP contribution in [0.25, 0.3) is 0 Å². The van der Waals surface area contributed by atoms with Gasteiger partial charge in [-0.2, -0.15) is 0 Å². The standard InChI is InChI=1S/C14H17BrN2O/c1-17(2)10-11-3-5-12(6-4-11)16-9-14-13(15)7-8-18-14/h3-8,16H,9-10H2,1-2H3. The van der Waals surface area contributed by atoms with Gasteiger partial charge in [0, 0.05) is 12.2 Å². The zero-order valence-corrected chi connectivity index (χ0v) is 12.2. The van der Waals surface area contributed by atoms with E-state index >= 15 is 0 Å². The first-order valence-electron chi connectivity index (χ1n) is 5.84. The molecule has 2 aromatic rings. The zero-order valence-electron chi connectivity index (χ0n) is 10.6. The minimum absolute atomic E-state index is 0.681. The van der Waals surface area contributed by atoms with Crippen LogP contribution in [0, 0.1) is 0 Å². The van der Waals surface area contributed by atoms with Crippen LogP contribution in [0.15, 0.2) is 45.5 Å². The number of anilines is 1. The third kappa shape index (κ3) is 3.62. The van der Waals surface area contributed by atoms with Crippen molar-refractivity contribution in [1.29, 1.82) is 0 Å². The number of furan rings is 1. The first-order valence-corrected chi connectivity index (χ1v) is 6.64. The van der Waals surface area contributed by atoms with Gasteiger partial charge in [-0.1, -0.05) is 12.1 Å². The van der Waals surface area contributed by atoms with E-state index in [1.54, 1.807) is 6.26 Å². The van der Waals surface area contributed by atoms with Crippen molar-refractivity contribution >= 4 is 21.6 Å². The van der Waals surface area contributed by atoms with Crippen LogP contribution in [0.5, 0.6) is 0 Å². The summed E-state index contributed by atoms with van der Waals surface area (Å²) in [6.45, 7) is 1.64. The van der Waals surface area contributed by atoms with Crippen molar-refractivity contribution in [2.75, 3.05) is 19.4 Å².